The number of carbonyl (C=O) groups is 3. The monoisotopic (exact) mass is 683 g/mol. The molecule has 0 atom stereocenters. The first-order valence-electron chi connectivity index (χ1n) is 14.8. The number of para-hydroxylation sites is 1. The van der Waals surface area contributed by atoms with Gasteiger partial charge in [-0.2, -0.15) is 0 Å². The number of hydrogen-bond acceptors (Lipinski definition) is 7. The molecule has 0 saturated carbocycles. The largest absolute Gasteiger partial charge is 0.487 e. The summed E-state index contributed by atoms with van der Waals surface area (Å²) in [5.74, 6) is 0.0621. The summed E-state index contributed by atoms with van der Waals surface area (Å²) in [5.41, 5.74) is 3.49. The zero-order chi connectivity index (χ0) is 34.0. The third kappa shape index (κ3) is 8.28. The number of pyridine rings is 2. The summed E-state index contributed by atoms with van der Waals surface area (Å²) in [6.45, 7) is 0.0248. The van der Waals surface area contributed by atoms with Gasteiger partial charge < -0.3 is 25.0 Å². The second kappa shape index (κ2) is 15.9. The molecule has 2 heterocycles. The Hall–Kier alpha value is -5.45. The van der Waals surface area contributed by atoms with Gasteiger partial charge in [-0.3, -0.25) is 24.4 Å². The van der Waals surface area contributed by atoms with Gasteiger partial charge in [0.15, 0.2) is 0 Å². The van der Waals surface area contributed by atoms with E-state index >= 15 is 0 Å². The lowest BCUT2D eigenvalue weighted by Gasteiger charge is -2.21. The predicted octanol–water partition coefficient (Wildman–Crippen LogP) is 6.25. The van der Waals surface area contributed by atoms with Gasteiger partial charge in [0, 0.05) is 54.1 Å². The molecular formula is C36H31Cl2N5O5. The second-order valence-electron chi connectivity index (χ2n) is 10.4. The molecule has 0 aliphatic carbocycles. The number of anilines is 1. The highest BCUT2D eigenvalue weighted by molar-refractivity contribution is 6.38. The lowest BCUT2D eigenvalue weighted by atomic mass is 10.1. The molecule has 5 rings (SSSR count). The van der Waals surface area contributed by atoms with Crippen molar-refractivity contribution in [2.24, 2.45) is 0 Å². The fraction of sp³-hybridized carbons (Fsp3) is 0.139. The smallest absolute Gasteiger partial charge is 0.251 e. The van der Waals surface area contributed by atoms with Crippen molar-refractivity contribution in [2.45, 2.75) is 13.2 Å². The number of amides is 3. The van der Waals surface area contributed by atoms with Gasteiger partial charge in [-0.1, -0.05) is 47.5 Å². The van der Waals surface area contributed by atoms with E-state index in [1.165, 1.54) is 11.0 Å². The number of aromatic nitrogens is 2. The van der Waals surface area contributed by atoms with Crippen molar-refractivity contribution in [3.63, 3.8) is 0 Å². The molecule has 3 amide bonds. The predicted molar refractivity (Wildman–Crippen MR) is 186 cm³/mol. The first-order chi connectivity index (χ1) is 23.2. The molecule has 3 aromatic carbocycles. The summed E-state index contributed by atoms with van der Waals surface area (Å²) < 4.78 is 12.2. The lowest BCUT2D eigenvalue weighted by molar-refractivity contribution is -0.122. The quantitative estimate of drug-likeness (QED) is 0.149. The third-order valence-electron chi connectivity index (χ3n) is 7.31. The van der Waals surface area contributed by atoms with Crippen LogP contribution in [0.3, 0.4) is 0 Å². The minimum Gasteiger partial charge on any atom is -0.487 e. The average Bonchev–Trinajstić information content (AvgIpc) is 3.12. The zero-order valence-corrected chi connectivity index (χ0v) is 27.6. The Morgan fingerprint density at radius 1 is 0.854 bits per heavy atom. The van der Waals surface area contributed by atoms with Gasteiger partial charge >= 0.3 is 0 Å². The van der Waals surface area contributed by atoms with Crippen LogP contribution in [0.15, 0.2) is 97.3 Å². The van der Waals surface area contributed by atoms with E-state index in [4.69, 9.17) is 32.7 Å². The molecule has 0 fully saturated rings. The van der Waals surface area contributed by atoms with E-state index in [-0.39, 0.29) is 24.1 Å². The van der Waals surface area contributed by atoms with Crippen LogP contribution in [0.25, 0.3) is 17.0 Å². The van der Waals surface area contributed by atoms with Crippen LogP contribution < -0.4 is 25.0 Å². The van der Waals surface area contributed by atoms with Gasteiger partial charge in [-0.15, -0.1) is 0 Å². The van der Waals surface area contributed by atoms with Crippen molar-refractivity contribution in [3.8, 4) is 11.5 Å². The van der Waals surface area contributed by atoms with Crippen LogP contribution in [0.1, 0.15) is 27.2 Å². The van der Waals surface area contributed by atoms with Crippen molar-refractivity contribution in [2.75, 3.05) is 25.5 Å². The van der Waals surface area contributed by atoms with E-state index in [0.29, 0.717) is 45.5 Å². The van der Waals surface area contributed by atoms with Crippen molar-refractivity contribution in [1.29, 1.82) is 0 Å². The molecule has 0 spiro atoms. The van der Waals surface area contributed by atoms with E-state index in [2.05, 4.69) is 20.6 Å². The summed E-state index contributed by atoms with van der Waals surface area (Å²) in [5, 5.41) is 6.48. The van der Waals surface area contributed by atoms with E-state index in [0.717, 1.165) is 16.6 Å². The highest BCUT2D eigenvalue weighted by Crippen LogP contribution is 2.36. The SMILES string of the molecule is CNC(=O)c1ccc(/C=C/C(=O)NCC(=O)N(C)c2ccc(Cl)c(COc3cccc4c(OCc5ccccn5)ccnc34)c2Cl)cc1. The Kier molecular flexibility index (Phi) is 11.2. The number of hydrogen-bond donors (Lipinski definition) is 2. The van der Waals surface area contributed by atoms with E-state index in [1.54, 1.807) is 81.1 Å². The standard InChI is InChI=1S/C36H31Cl2N5O5/c1-39-36(46)24-12-9-23(10-13-24)11-16-32(44)42-20-33(45)43(2)29-15-14-28(37)27(34(29)38)22-48-31-8-5-7-26-30(17-19-41-35(26)31)47-21-25-6-3-4-18-40-25/h3-19H,20-22H2,1-2H3,(H,39,46)(H,42,44)/b16-11+. The molecule has 10 nitrogen and oxygen atoms in total. The maximum absolute atomic E-state index is 13.0. The van der Waals surface area contributed by atoms with Gasteiger partial charge in [0.25, 0.3) is 5.91 Å². The molecule has 2 aromatic heterocycles. The number of likely N-dealkylation sites (N-methyl/N-ethyl adjacent to an activating group) is 1. The van der Waals surface area contributed by atoms with E-state index in [9.17, 15) is 14.4 Å². The average molecular weight is 685 g/mol. The molecule has 2 N–H and O–H groups in total. The molecule has 0 aliphatic rings. The number of halogens is 2. The van der Waals surface area contributed by atoms with E-state index < -0.39 is 11.8 Å². The highest BCUT2D eigenvalue weighted by Gasteiger charge is 2.19. The van der Waals surface area contributed by atoms with Gasteiger partial charge in [0.1, 0.15) is 30.2 Å². The normalized spacial score (nSPS) is 10.9. The van der Waals surface area contributed by atoms with Crippen LogP contribution in [-0.4, -0.2) is 48.3 Å². The summed E-state index contributed by atoms with van der Waals surface area (Å²) in [7, 11) is 3.11. The summed E-state index contributed by atoms with van der Waals surface area (Å²) in [6, 6.07) is 22.9. The molecule has 244 valence electrons. The fourth-order valence-electron chi connectivity index (χ4n) is 4.66. The van der Waals surface area contributed by atoms with Crippen LogP contribution >= 0.6 is 23.2 Å². The summed E-state index contributed by atoms with van der Waals surface area (Å²) in [6.07, 6.45) is 6.25. The second-order valence-corrected chi connectivity index (χ2v) is 11.2. The maximum Gasteiger partial charge on any atom is 0.251 e. The Morgan fingerprint density at radius 2 is 1.65 bits per heavy atom. The minimum absolute atomic E-state index is 0.00101. The highest BCUT2D eigenvalue weighted by atomic mass is 35.5. The zero-order valence-electron chi connectivity index (χ0n) is 26.1. The Labute approximate surface area is 287 Å². The first kappa shape index (κ1) is 33.9. The van der Waals surface area contributed by atoms with Crippen molar-refractivity contribution >= 4 is 63.6 Å². The molecular weight excluding hydrogens is 653 g/mol. The van der Waals surface area contributed by atoms with Crippen LogP contribution in [0.5, 0.6) is 11.5 Å². The Balaban J connectivity index is 1.22. The fourth-order valence-corrected chi connectivity index (χ4v) is 5.27. The number of fused-ring (bicyclic) bond motifs is 1. The molecule has 0 bridgehead atoms. The number of rotatable bonds is 12. The molecule has 0 saturated heterocycles. The number of carbonyl (C=O) groups excluding carboxylic acids is 3. The molecule has 0 unspecified atom stereocenters. The van der Waals surface area contributed by atoms with E-state index in [1.807, 2.05) is 30.3 Å². The Morgan fingerprint density at radius 3 is 2.40 bits per heavy atom. The summed E-state index contributed by atoms with van der Waals surface area (Å²) >= 11 is 13.3. The number of nitrogens with zero attached hydrogens (tertiary/aromatic N) is 3. The van der Waals surface area contributed by atoms with Gasteiger partial charge in [-0.25, -0.2) is 0 Å². The molecule has 0 aliphatic heterocycles. The van der Waals surface area contributed by atoms with Crippen LogP contribution in [-0.2, 0) is 22.8 Å². The maximum atomic E-state index is 13.0. The molecule has 5 aromatic rings. The van der Waals surface area contributed by atoms with Gasteiger partial charge in [0.2, 0.25) is 11.8 Å². The van der Waals surface area contributed by atoms with Crippen molar-refractivity contribution in [3.05, 3.63) is 130 Å². The van der Waals surface area contributed by atoms with Crippen LogP contribution in [0, 0.1) is 0 Å². The van der Waals surface area contributed by atoms with Crippen LogP contribution in [0.4, 0.5) is 5.69 Å². The molecule has 48 heavy (non-hydrogen) atoms. The van der Waals surface area contributed by atoms with Gasteiger partial charge in [-0.05, 0) is 66.2 Å². The lowest BCUT2D eigenvalue weighted by Crippen LogP contribution is -2.37. The van der Waals surface area contributed by atoms with Crippen molar-refractivity contribution < 1.29 is 23.9 Å². The van der Waals surface area contributed by atoms with Crippen LogP contribution in [0.2, 0.25) is 10.0 Å². The van der Waals surface area contributed by atoms with Gasteiger partial charge in [0.05, 0.1) is 22.9 Å². The summed E-state index contributed by atoms with van der Waals surface area (Å²) in [4.78, 5) is 47.2. The third-order valence-corrected chi connectivity index (χ3v) is 8.09. The minimum atomic E-state index is -0.461. The topological polar surface area (TPSA) is 123 Å². The number of ether oxygens (including phenoxy) is 2. The Bertz CT molecular complexity index is 1970. The molecule has 12 heteroatoms. The number of benzene rings is 3. The molecule has 0 radical (unpaired) electrons. The first-order valence-corrected chi connectivity index (χ1v) is 15.6. The number of nitrogens with one attached hydrogen (secondary N) is 2. The van der Waals surface area contributed by atoms with Crippen molar-refractivity contribution in [1.82, 2.24) is 20.6 Å².